The van der Waals surface area contributed by atoms with Gasteiger partial charge in [0.1, 0.15) is 0 Å². The van der Waals surface area contributed by atoms with Gasteiger partial charge < -0.3 is 0 Å². The maximum absolute atomic E-state index is 13.4. The SMILES string of the molecule is CCCCC1(C(C)C)CS(=O)(=O)c2cc(S)ccc2C(c2ccccc2)N1. The summed E-state index contributed by atoms with van der Waals surface area (Å²) in [5, 5.41) is 3.81. The summed E-state index contributed by atoms with van der Waals surface area (Å²) in [4.78, 5) is 1.09. The topological polar surface area (TPSA) is 46.2 Å². The minimum atomic E-state index is -3.44. The number of hydrogen-bond donors (Lipinski definition) is 2. The summed E-state index contributed by atoms with van der Waals surface area (Å²) in [6.07, 6.45) is 2.88. The summed E-state index contributed by atoms with van der Waals surface area (Å²) in [5.74, 6) is 0.306. The van der Waals surface area contributed by atoms with Gasteiger partial charge in [-0.15, -0.1) is 12.6 Å². The van der Waals surface area contributed by atoms with Crippen LogP contribution in [-0.4, -0.2) is 19.7 Å². The Morgan fingerprint density at radius 1 is 1.19 bits per heavy atom. The summed E-state index contributed by atoms with van der Waals surface area (Å²) in [6.45, 7) is 6.40. The molecule has 1 aliphatic heterocycles. The molecule has 1 heterocycles. The van der Waals surface area contributed by atoms with Crippen LogP contribution in [0.2, 0.25) is 0 Å². The average molecular weight is 404 g/mol. The van der Waals surface area contributed by atoms with E-state index in [4.69, 9.17) is 0 Å². The van der Waals surface area contributed by atoms with Gasteiger partial charge >= 0.3 is 0 Å². The Hall–Kier alpha value is -1.30. The quantitative estimate of drug-likeness (QED) is 0.689. The van der Waals surface area contributed by atoms with Crippen molar-refractivity contribution in [2.24, 2.45) is 5.92 Å². The van der Waals surface area contributed by atoms with E-state index in [0.29, 0.717) is 9.79 Å². The van der Waals surface area contributed by atoms with Crippen molar-refractivity contribution in [3.05, 3.63) is 59.7 Å². The van der Waals surface area contributed by atoms with Crippen LogP contribution < -0.4 is 5.32 Å². The maximum Gasteiger partial charge on any atom is 0.180 e. The molecule has 2 aromatic carbocycles. The number of nitrogens with one attached hydrogen (secondary N) is 1. The highest BCUT2D eigenvalue weighted by Crippen LogP contribution is 2.40. The van der Waals surface area contributed by atoms with E-state index in [1.165, 1.54) is 0 Å². The molecule has 0 aromatic heterocycles. The Bertz CT molecular complexity index is 894. The zero-order valence-corrected chi connectivity index (χ0v) is 18.0. The molecule has 0 amide bonds. The van der Waals surface area contributed by atoms with Gasteiger partial charge in [0.2, 0.25) is 0 Å². The number of benzene rings is 2. The molecule has 2 aromatic rings. The fourth-order valence-electron chi connectivity index (χ4n) is 4.02. The number of hydrogen-bond acceptors (Lipinski definition) is 4. The van der Waals surface area contributed by atoms with Crippen LogP contribution in [0.4, 0.5) is 0 Å². The lowest BCUT2D eigenvalue weighted by Crippen LogP contribution is -2.54. The third-order valence-electron chi connectivity index (χ3n) is 5.74. The minimum absolute atomic E-state index is 0.116. The second kappa shape index (κ2) is 7.98. The monoisotopic (exact) mass is 403 g/mol. The molecule has 3 nitrogen and oxygen atoms in total. The van der Waals surface area contributed by atoms with E-state index in [1.807, 2.05) is 30.3 Å². The largest absolute Gasteiger partial charge is 0.299 e. The molecule has 0 fully saturated rings. The van der Waals surface area contributed by atoms with Gasteiger partial charge in [-0.05, 0) is 35.6 Å². The molecule has 0 saturated heterocycles. The number of sulfone groups is 1. The van der Waals surface area contributed by atoms with Crippen LogP contribution in [0.15, 0.2) is 58.3 Å². The molecule has 27 heavy (non-hydrogen) atoms. The molecular formula is C22H29NO2S2. The molecule has 1 aliphatic rings. The molecule has 5 heteroatoms. The molecule has 0 aliphatic carbocycles. The van der Waals surface area contributed by atoms with Crippen LogP contribution >= 0.6 is 12.6 Å². The second-order valence-electron chi connectivity index (χ2n) is 7.88. The molecule has 3 rings (SSSR count). The van der Waals surface area contributed by atoms with Crippen molar-refractivity contribution in [3.8, 4) is 0 Å². The molecule has 146 valence electrons. The van der Waals surface area contributed by atoms with E-state index >= 15 is 0 Å². The number of fused-ring (bicyclic) bond motifs is 1. The standard InChI is InChI=1S/C22H29NO2S2/c1-4-5-13-22(16(2)3)15-27(24,25)20-14-18(26)11-12-19(20)21(23-22)17-9-7-6-8-10-17/h6-12,14,16,21,23,26H,4-5,13,15H2,1-3H3. The summed E-state index contributed by atoms with van der Waals surface area (Å²) < 4.78 is 26.9. The van der Waals surface area contributed by atoms with E-state index in [-0.39, 0.29) is 17.7 Å². The maximum atomic E-state index is 13.4. The first-order valence-corrected chi connectivity index (χ1v) is 11.8. The first-order chi connectivity index (χ1) is 12.8. The van der Waals surface area contributed by atoms with E-state index < -0.39 is 15.4 Å². The molecule has 0 radical (unpaired) electrons. The van der Waals surface area contributed by atoms with Gasteiger partial charge in [-0.2, -0.15) is 0 Å². The highest BCUT2D eigenvalue weighted by Gasteiger charge is 2.44. The van der Waals surface area contributed by atoms with Crippen LogP contribution in [-0.2, 0) is 9.84 Å². The van der Waals surface area contributed by atoms with Crippen molar-refractivity contribution in [1.82, 2.24) is 5.32 Å². The first kappa shape index (κ1) is 20.4. The van der Waals surface area contributed by atoms with Crippen molar-refractivity contribution in [1.29, 1.82) is 0 Å². The Morgan fingerprint density at radius 3 is 2.52 bits per heavy atom. The van der Waals surface area contributed by atoms with E-state index in [9.17, 15) is 8.42 Å². The highest BCUT2D eigenvalue weighted by atomic mass is 32.2. The van der Waals surface area contributed by atoms with Crippen molar-refractivity contribution in [2.75, 3.05) is 5.75 Å². The lowest BCUT2D eigenvalue weighted by molar-refractivity contribution is 0.226. The van der Waals surface area contributed by atoms with Crippen LogP contribution in [0.25, 0.3) is 0 Å². The van der Waals surface area contributed by atoms with Crippen molar-refractivity contribution < 1.29 is 8.42 Å². The Morgan fingerprint density at radius 2 is 1.89 bits per heavy atom. The molecule has 2 unspecified atom stereocenters. The van der Waals surface area contributed by atoms with Gasteiger partial charge in [-0.3, -0.25) is 5.32 Å². The summed E-state index contributed by atoms with van der Waals surface area (Å²) >= 11 is 4.40. The van der Waals surface area contributed by atoms with E-state index in [1.54, 1.807) is 6.07 Å². The van der Waals surface area contributed by atoms with Crippen molar-refractivity contribution in [2.45, 2.75) is 61.4 Å². The molecular weight excluding hydrogens is 374 g/mol. The highest BCUT2D eigenvalue weighted by molar-refractivity contribution is 7.91. The third-order valence-corrected chi connectivity index (χ3v) is 7.93. The number of unbranched alkanes of at least 4 members (excludes halogenated alkanes) is 1. The van der Waals surface area contributed by atoms with Crippen LogP contribution in [0, 0.1) is 5.92 Å². The predicted molar refractivity (Wildman–Crippen MR) is 114 cm³/mol. The Kier molecular flexibility index (Phi) is 6.04. The zero-order chi connectivity index (χ0) is 19.7. The molecule has 1 N–H and O–H groups in total. The lowest BCUT2D eigenvalue weighted by Gasteiger charge is -2.40. The second-order valence-corrected chi connectivity index (χ2v) is 10.4. The van der Waals surface area contributed by atoms with Gasteiger partial charge in [0.25, 0.3) is 0 Å². The van der Waals surface area contributed by atoms with Crippen LogP contribution in [0.3, 0.4) is 0 Å². The summed E-state index contributed by atoms with van der Waals surface area (Å²) in [7, 11) is -3.44. The van der Waals surface area contributed by atoms with Crippen LogP contribution in [0.1, 0.15) is 57.2 Å². The third kappa shape index (κ3) is 4.10. The zero-order valence-electron chi connectivity index (χ0n) is 16.3. The molecule has 0 bridgehead atoms. The van der Waals surface area contributed by atoms with Gasteiger partial charge in [-0.25, -0.2) is 8.42 Å². The average Bonchev–Trinajstić information content (AvgIpc) is 2.74. The molecule has 2 atom stereocenters. The number of rotatable bonds is 5. The minimum Gasteiger partial charge on any atom is -0.299 e. The van der Waals surface area contributed by atoms with E-state index in [2.05, 4.69) is 50.8 Å². The van der Waals surface area contributed by atoms with Gasteiger partial charge in [-0.1, -0.05) is 70.0 Å². The normalized spacial score (nSPS) is 24.4. The summed E-state index contributed by atoms with van der Waals surface area (Å²) in [5.41, 5.74) is 1.44. The molecule has 0 saturated carbocycles. The predicted octanol–water partition coefficient (Wildman–Crippen LogP) is 5.03. The number of thiol groups is 1. The summed E-state index contributed by atoms with van der Waals surface area (Å²) in [6, 6.07) is 15.5. The van der Waals surface area contributed by atoms with Gasteiger partial charge in [0.15, 0.2) is 9.84 Å². The lowest BCUT2D eigenvalue weighted by atomic mass is 9.81. The van der Waals surface area contributed by atoms with Crippen molar-refractivity contribution >= 4 is 22.5 Å². The first-order valence-electron chi connectivity index (χ1n) is 9.67. The fraction of sp³-hybridized carbons (Fsp3) is 0.455. The van der Waals surface area contributed by atoms with Gasteiger partial charge in [0.05, 0.1) is 16.7 Å². The fourth-order valence-corrected chi connectivity index (χ4v) is 6.56. The van der Waals surface area contributed by atoms with Crippen LogP contribution in [0.5, 0.6) is 0 Å². The smallest absolute Gasteiger partial charge is 0.180 e. The Balaban J connectivity index is 2.23. The Labute approximate surface area is 168 Å². The molecule has 0 spiro atoms. The van der Waals surface area contributed by atoms with Gasteiger partial charge in [0, 0.05) is 10.4 Å². The van der Waals surface area contributed by atoms with E-state index in [0.717, 1.165) is 30.4 Å². The van der Waals surface area contributed by atoms with Crippen molar-refractivity contribution in [3.63, 3.8) is 0 Å².